The Kier molecular flexibility index (Phi) is 11.3. The van der Waals surface area contributed by atoms with Crippen LogP contribution in [0.15, 0.2) is 77.7 Å². The van der Waals surface area contributed by atoms with Gasteiger partial charge in [-0.05, 0) is 67.8 Å². The molecule has 0 aromatic heterocycles. The summed E-state index contributed by atoms with van der Waals surface area (Å²) < 4.78 is 28.7. The van der Waals surface area contributed by atoms with Gasteiger partial charge in [-0.3, -0.25) is 13.9 Å². The third-order valence-corrected chi connectivity index (χ3v) is 9.02. The Bertz CT molecular complexity index is 1420. The van der Waals surface area contributed by atoms with Crippen molar-refractivity contribution < 1.29 is 18.0 Å². The van der Waals surface area contributed by atoms with E-state index >= 15 is 0 Å². The Balaban J connectivity index is 2.08. The van der Waals surface area contributed by atoms with Gasteiger partial charge in [0.15, 0.2) is 0 Å². The van der Waals surface area contributed by atoms with Crippen molar-refractivity contribution in [2.24, 2.45) is 0 Å². The summed E-state index contributed by atoms with van der Waals surface area (Å²) in [5, 5.41) is 3.82. The Labute approximate surface area is 251 Å². The Morgan fingerprint density at radius 3 is 2.10 bits per heavy atom. The number of sulfonamides is 1. The summed E-state index contributed by atoms with van der Waals surface area (Å²) in [6, 6.07) is 18.1. The van der Waals surface area contributed by atoms with Crippen molar-refractivity contribution in [3.05, 3.63) is 93.4 Å². The quantitative estimate of drug-likeness (QED) is 0.247. The predicted octanol–water partition coefficient (Wildman–Crippen LogP) is 6.56. The number of anilines is 1. The van der Waals surface area contributed by atoms with E-state index in [2.05, 4.69) is 5.32 Å². The fourth-order valence-corrected chi connectivity index (χ4v) is 6.07. The van der Waals surface area contributed by atoms with Crippen LogP contribution in [0.3, 0.4) is 0 Å². The van der Waals surface area contributed by atoms with Crippen LogP contribution >= 0.6 is 34.8 Å². The molecule has 214 valence electrons. The van der Waals surface area contributed by atoms with Crippen LogP contribution in [0.1, 0.15) is 39.2 Å². The largest absolute Gasteiger partial charge is 0.352 e. The van der Waals surface area contributed by atoms with Crippen LogP contribution in [-0.4, -0.2) is 43.8 Å². The monoisotopic (exact) mass is 623 g/mol. The lowest BCUT2D eigenvalue weighted by atomic mass is 10.1. The molecule has 2 amide bonds. The zero-order chi connectivity index (χ0) is 29.4. The second-order valence-corrected chi connectivity index (χ2v) is 12.5. The number of nitrogens with zero attached hydrogens (tertiary/aromatic N) is 2. The molecule has 0 unspecified atom stereocenters. The number of amides is 2. The number of hydrogen-bond donors (Lipinski definition) is 1. The highest BCUT2D eigenvalue weighted by Gasteiger charge is 2.34. The van der Waals surface area contributed by atoms with Crippen molar-refractivity contribution in [2.45, 2.75) is 57.1 Å². The van der Waals surface area contributed by atoms with E-state index in [4.69, 9.17) is 34.8 Å². The number of hydrogen-bond acceptors (Lipinski definition) is 4. The molecule has 1 N–H and O–H groups in total. The van der Waals surface area contributed by atoms with Crippen LogP contribution in [-0.2, 0) is 26.2 Å². The first-order chi connectivity index (χ1) is 19.0. The number of rotatable bonds is 12. The molecule has 0 aliphatic carbocycles. The topological polar surface area (TPSA) is 86.8 Å². The lowest BCUT2D eigenvalue weighted by molar-refractivity contribution is -0.140. The van der Waals surface area contributed by atoms with Crippen LogP contribution in [0.25, 0.3) is 0 Å². The van der Waals surface area contributed by atoms with Crippen molar-refractivity contribution >= 4 is 62.3 Å². The maximum Gasteiger partial charge on any atom is 0.264 e. The van der Waals surface area contributed by atoms with E-state index in [9.17, 15) is 18.0 Å². The van der Waals surface area contributed by atoms with Crippen molar-refractivity contribution in [2.75, 3.05) is 10.8 Å². The first-order valence-electron chi connectivity index (χ1n) is 12.8. The van der Waals surface area contributed by atoms with Gasteiger partial charge in [-0.25, -0.2) is 8.42 Å². The first-order valence-corrected chi connectivity index (χ1v) is 15.4. The molecule has 0 saturated heterocycles. The van der Waals surface area contributed by atoms with E-state index in [1.807, 2.05) is 13.8 Å². The molecule has 0 radical (unpaired) electrons. The molecule has 0 aliphatic rings. The van der Waals surface area contributed by atoms with Gasteiger partial charge in [0.25, 0.3) is 10.0 Å². The van der Waals surface area contributed by atoms with Crippen LogP contribution in [0.4, 0.5) is 5.69 Å². The molecule has 40 heavy (non-hydrogen) atoms. The normalized spacial score (nSPS) is 12.8. The molecule has 0 aliphatic heterocycles. The zero-order valence-corrected chi connectivity index (χ0v) is 25.6. The van der Waals surface area contributed by atoms with E-state index in [0.29, 0.717) is 17.9 Å². The van der Waals surface area contributed by atoms with Gasteiger partial charge in [0.2, 0.25) is 11.8 Å². The van der Waals surface area contributed by atoms with Crippen LogP contribution in [0.2, 0.25) is 15.1 Å². The Morgan fingerprint density at radius 2 is 1.50 bits per heavy atom. The SMILES string of the molecule is CC[C@@H](C)NC(=O)[C@@H](CC)N(Cc1ccc(Cl)cc1)C(=O)CN(c1cc(Cl)ccc1Cl)S(=O)(=O)c1ccccc1. The minimum Gasteiger partial charge on any atom is -0.352 e. The molecule has 0 fully saturated rings. The lowest BCUT2D eigenvalue weighted by Crippen LogP contribution is -2.53. The standard InChI is InChI=1S/C29H32Cl3N3O4S/c1-4-20(3)33-29(37)26(5-2)34(18-21-11-13-22(30)14-12-21)28(36)19-35(27-17-23(31)15-16-25(27)32)40(38,39)24-9-7-6-8-10-24/h6-17,20,26H,4-5,18-19H2,1-3H3,(H,33,37)/t20-,26-/m1/s1. The van der Waals surface area contributed by atoms with Crippen LogP contribution in [0.5, 0.6) is 0 Å². The summed E-state index contributed by atoms with van der Waals surface area (Å²) in [6.07, 6.45) is 1.02. The van der Waals surface area contributed by atoms with Gasteiger partial charge in [-0.15, -0.1) is 0 Å². The molecule has 0 bridgehead atoms. The lowest BCUT2D eigenvalue weighted by Gasteiger charge is -2.34. The van der Waals surface area contributed by atoms with Gasteiger partial charge >= 0.3 is 0 Å². The van der Waals surface area contributed by atoms with E-state index in [0.717, 1.165) is 9.87 Å². The van der Waals surface area contributed by atoms with Crippen molar-refractivity contribution in [1.29, 1.82) is 0 Å². The molecular weight excluding hydrogens is 593 g/mol. The third kappa shape index (κ3) is 7.91. The highest BCUT2D eigenvalue weighted by Crippen LogP contribution is 2.33. The van der Waals surface area contributed by atoms with Gasteiger partial charge in [-0.1, -0.05) is 79.0 Å². The highest BCUT2D eigenvalue weighted by molar-refractivity contribution is 7.92. The summed E-state index contributed by atoms with van der Waals surface area (Å²) in [4.78, 5) is 28.8. The second-order valence-electron chi connectivity index (χ2n) is 9.31. The summed E-state index contributed by atoms with van der Waals surface area (Å²) in [7, 11) is -4.25. The van der Waals surface area contributed by atoms with E-state index in [-0.39, 0.29) is 39.1 Å². The molecule has 3 aromatic rings. The Morgan fingerprint density at radius 1 is 0.875 bits per heavy atom. The van der Waals surface area contributed by atoms with Gasteiger partial charge < -0.3 is 10.2 Å². The highest BCUT2D eigenvalue weighted by atomic mass is 35.5. The van der Waals surface area contributed by atoms with Gasteiger partial charge in [0.1, 0.15) is 12.6 Å². The fraction of sp³-hybridized carbons (Fsp3) is 0.310. The first kappa shape index (κ1) is 31.7. The molecule has 11 heteroatoms. The van der Waals surface area contributed by atoms with Gasteiger partial charge in [0.05, 0.1) is 15.6 Å². The number of benzene rings is 3. The maximum absolute atomic E-state index is 14.1. The minimum absolute atomic E-state index is 0.0235. The van der Waals surface area contributed by atoms with E-state index in [1.54, 1.807) is 49.4 Å². The molecule has 3 aromatic carbocycles. The summed E-state index contributed by atoms with van der Waals surface area (Å²) in [6.45, 7) is 5.08. The average Bonchev–Trinajstić information content (AvgIpc) is 2.94. The average molecular weight is 625 g/mol. The molecular formula is C29H32Cl3N3O4S. The second kappa shape index (κ2) is 14.2. The predicted molar refractivity (Wildman–Crippen MR) is 161 cm³/mol. The smallest absolute Gasteiger partial charge is 0.264 e. The van der Waals surface area contributed by atoms with Crippen molar-refractivity contribution in [3.63, 3.8) is 0 Å². The molecule has 7 nitrogen and oxygen atoms in total. The number of carbonyl (C=O) groups excluding carboxylic acids is 2. The third-order valence-electron chi connectivity index (χ3n) is 6.44. The molecule has 2 atom stereocenters. The van der Waals surface area contributed by atoms with E-state index in [1.165, 1.54) is 35.2 Å². The van der Waals surface area contributed by atoms with Gasteiger partial charge in [-0.2, -0.15) is 0 Å². The summed E-state index contributed by atoms with van der Waals surface area (Å²) in [5.41, 5.74) is 0.778. The minimum atomic E-state index is -4.25. The van der Waals surface area contributed by atoms with Crippen LogP contribution in [0, 0.1) is 0 Å². The Hall–Kier alpha value is -2.78. The molecule has 0 spiro atoms. The van der Waals surface area contributed by atoms with Crippen molar-refractivity contribution in [3.8, 4) is 0 Å². The number of halogens is 3. The molecule has 0 saturated carbocycles. The molecule has 0 heterocycles. The number of carbonyl (C=O) groups is 2. The number of nitrogens with one attached hydrogen (secondary N) is 1. The van der Waals surface area contributed by atoms with Crippen molar-refractivity contribution in [1.82, 2.24) is 10.2 Å². The van der Waals surface area contributed by atoms with Gasteiger partial charge in [0, 0.05) is 22.6 Å². The summed E-state index contributed by atoms with van der Waals surface area (Å²) in [5.74, 6) is -0.908. The van der Waals surface area contributed by atoms with E-state index < -0.39 is 28.5 Å². The fourth-order valence-electron chi connectivity index (χ4n) is 4.06. The molecule has 3 rings (SSSR count). The van der Waals surface area contributed by atoms with Crippen LogP contribution < -0.4 is 9.62 Å². The maximum atomic E-state index is 14.1. The summed E-state index contributed by atoms with van der Waals surface area (Å²) >= 11 is 18.7. The zero-order valence-electron chi connectivity index (χ0n) is 22.5.